The first-order valence-electron chi connectivity index (χ1n) is 9.34. The number of hydrogen-bond donors (Lipinski definition) is 2. The van der Waals surface area contributed by atoms with Crippen molar-refractivity contribution in [3.05, 3.63) is 47.5 Å². The van der Waals surface area contributed by atoms with Gasteiger partial charge in [0.05, 0.1) is 24.0 Å². The van der Waals surface area contributed by atoms with Gasteiger partial charge in [-0.1, -0.05) is 36.4 Å². The third-order valence-corrected chi connectivity index (χ3v) is 4.99. The van der Waals surface area contributed by atoms with Crippen LogP contribution in [0, 0.1) is 11.3 Å². The largest absolute Gasteiger partial charge is 0.394 e. The van der Waals surface area contributed by atoms with Gasteiger partial charge >= 0.3 is 0 Å². The Kier molecular flexibility index (Phi) is 6.23. The smallest absolute Gasteiger partial charge is 0.173 e. The van der Waals surface area contributed by atoms with Gasteiger partial charge in [-0.15, -0.1) is 0 Å². The number of fused-ring (bicyclic) bond motifs is 1. The molecule has 1 fully saturated rings. The highest BCUT2D eigenvalue weighted by Crippen LogP contribution is 2.34. The summed E-state index contributed by atoms with van der Waals surface area (Å²) in [6.07, 6.45) is 3.17. The number of ketones is 1. The second kappa shape index (κ2) is 8.81. The topological polar surface area (TPSA) is 84.6 Å². The van der Waals surface area contributed by atoms with Crippen molar-refractivity contribution in [3.63, 3.8) is 0 Å². The molecular formula is C22H24N2O3. The van der Waals surface area contributed by atoms with Crippen LogP contribution in [-0.4, -0.2) is 41.8 Å². The first kappa shape index (κ1) is 19.1. The highest BCUT2D eigenvalue weighted by molar-refractivity contribution is 6.06. The number of benzene rings is 2. The van der Waals surface area contributed by atoms with E-state index in [1.807, 2.05) is 30.3 Å². The number of nitrogens with zero attached hydrogens (tertiary/aromatic N) is 2. The molecule has 0 aromatic heterocycles. The van der Waals surface area contributed by atoms with Gasteiger partial charge in [-0.05, 0) is 36.3 Å². The minimum atomic E-state index is -0.935. The van der Waals surface area contributed by atoms with E-state index < -0.39 is 6.10 Å². The second-order valence-electron chi connectivity index (χ2n) is 6.89. The molecule has 1 aliphatic rings. The summed E-state index contributed by atoms with van der Waals surface area (Å²) in [7, 11) is 0. The monoisotopic (exact) mass is 364 g/mol. The Bertz CT molecular complexity index is 892. The summed E-state index contributed by atoms with van der Waals surface area (Å²) < 4.78 is 0. The molecule has 2 aromatic rings. The van der Waals surface area contributed by atoms with E-state index in [2.05, 4.69) is 17.0 Å². The van der Waals surface area contributed by atoms with Crippen LogP contribution < -0.4 is 4.90 Å². The summed E-state index contributed by atoms with van der Waals surface area (Å²) in [5.74, 6) is -0.314. The van der Waals surface area contributed by atoms with Crippen molar-refractivity contribution in [1.29, 1.82) is 5.26 Å². The molecule has 2 N–H and O–H groups in total. The molecule has 3 rings (SSSR count). The number of anilines is 1. The lowest BCUT2D eigenvalue weighted by Crippen LogP contribution is -2.19. The van der Waals surface area contributed by atoms with E-state index in [1.165, 1.54) is 0 Å². The maximum atomic E-state index is 12.4. The van der Waals surface area contributed by atoms with Gasteiger partial charge in [0.15, 0.2) is 5.78 Å². The maximum absolute atomic E-state index is 12.4. The van der Waals surface area contributed by atoms with E-state index in [0.717, 1.165) is 48.0 Å². The van der Waals surface area contributed by atoms with Crippen molar-refractivity contribution < 1.29 is 15.0 Å². The predicted molar refractivity (Wildman–Crippen MR) is 106 cm³/mol. The number of carbonyl (C=O) groups is 1. The molecule has 0 spiro atoms. The van der Waals surface area contributed by atoms with Crippen LogP contribution in [0.3, 0.4) is 0 Å². The highest BCUT2D eigenvalue weighted by atomic mass is 16.3. The van der Waals surface area contributed by atoms with Crippen LogP contribution in [0.1, 0.15) is 31.2 Å². The average molecular weight is 364 g/mol. The SMILES string of the molecule is N#C/C(=C\c1ccc2ccccc2c1N1CCCC1)C(=O)CCC(O)CO. The molecule has 0 saturated carbocycles. The molecule has 1 heterocycles. The number of nitriles is 1. The molecule has 0 bridgehead atoms. The first-order chi connectivity index (χ1) is 13.1. The van der Waals surface area contributed by atoms with Crippen molar-refractivity contribution >= 4 is 28.3 Å². The highest BCUT2D eigenvalue weighted by Gasteiger charge is 2.19. The Morgan fingerprint density at radius 2 is 1.96 bits per heavy atom. The minimum absolute atomic E-state index is 0.0355. The number of rotatable bonds is 7. The van der Waals surface area contributed by atoms with Crippen LogP contribution in [0.4, 0.5) is 5.69 Å². The second-order valence-corrected chi connectivity index (χ2v) is 6.89. The molecular weight excluding hydrogens is 340 g/mol. The zero-order valence-corrected chi connectivity index (χ0v) is 15.3. The number of allylic oxidation sites excluding steroid dienone is 1. The van der Waals surface area contributed by atoms with Crippen LogP contribution in [-0.2, 0) is 4.79 Å². The zero-order chi connectivity index (χ0) is 19.2. The van der Waals surface area contributed by atoms with E-state index >= 15 is 0 Å². The van der Waals surface area contributed by atoms with Crippen LogP contribution in [0.2, 0.25) is 0 Å². The van der Waals surface area contributed by atoms with Gasteiger partial charge in [0.25, 0.3) is 0 Å². The lowest BCUT2D eigenvalue weighted by atomic mass is 9.98. The van der Waals surface area contributed by atoms with E-state index in [1.54, 1.807) is 6.08 Å². The maximum Gasteiger partial charge on any atom is 0.173 e. The van der Waals surface area contributed by atoms with Crippen LogP contribution in [0.5, 0.6) is 0 Å². The fourth-order valence-corrected chi connectivity index (χ4v) is 3.54. The Balaban J connectivity index is 1.99. The van der Waals surface area contributed by atoms with Crippen molar-refractivity contribution in [2.24, 2.45) is 0 Å². The molecule has 0 amide bonds. The third kappa shape index (κ3) is 4.36. The number of aliphatic hydroxyl groups is 2. The predicted octanol–water partition coefficient (Wildman–Crippen LogP) is 3.05. The van der Waals surface area contributed by atoms with E-state index in [-0.39, 0.29) is 30.8 Å². The lowest BCUT2D eigenvalue weighted by Gasteiger charge is -2.22. The summed E-state index contributed by atoms with van der Waals surface area (Å²) in [6.45, 7) is 1.55. The summed E-state index contributed by atoms with van der Waals surface area (Å²) in [5, 5.41) is 30.1. The Morgan fingerprint density at radius 1 is 1.22 bits per heavy atom. The van der Waals surface area contributed by atoms with Gasteiger partial charge in [0.2, 0.25) is 0 Å². The number of carbonyl (C=O) groups excluding carboxylic acids is 1. The van der Waals surface area contributed by atoms with E-state index in [4.69, 9.17) is 5.11 Å². The van der Waals surface area contributed by atoms with E-state index in [0.29, 0.717) is 0 Å². The molecule has 1 atom stereocenters. The van der Waals surface area contributed by atoms with Gasteiger partial charge in [-0.25, -0.2) is 0 Å². The van der Waals surface area contributed by atoms with Crippen LogP contribution >= 0.6 is 0 Å². The zero-order valence-electron chi connectivity index (χ0n) is 15.3. The van der Waals surface area contributed by atoms with Crippen molar-refractivity contribution in [3.8, 4) is 6.07 Å². The van der Waals surface area contributed by atoms with Crippen molar-refractivity contribution in [1.82, 2.24) is 0 Å². The normalized spacial score (nSPS) is 15.7. The summed E-state index contributed by atoms with van der Waals surface area (Å²) in [5.41, 5.74) is 2.01. The standard InChI is InChI=1S/C22H24N2O3/c23-14-18(21(27)10-9-19(26)15-25)13-17-8-7-16-5-1-2-6-20(16)22(17)24-11-3-4-12-24/h1-2,5-8,13,19,25-26H,3-4,9-12,15H2/b18-13+. The Hall–Kier alpha value is -2.68. The molecule has 1 unspecified atom stereocenters. The van der Waals surface area contributed by atoms with Crippen molar-refractivity contribution in [2.75, 3.05) is 24.6 Å². The summed E-state index contributed by atoms with van der Waals surface area (Å²) in [6, 6.07) is 14.1. The number of hydrogen-bond acceptors (Lipinski definition) is 5. The number of Topliss-reactive ketones (excluding diaryl/α,β-unsaturated/α-hetero) is 1. The molecule has 1 aliphatic heterocycles. The summed E-state index contributed by atoms with van der Waals surface area (Å²) in [4.78, 5) is 14.7. The Morgan fingerprint density at radius 3 is 2.67 bits per heavy atom. The summed E-state index contributed by atoms with van der Waals surface area (Å²) >= 11 is 0. The molecule has 1 saturated heterocycles. The van der Waals surface area contributed by atoms with Gasteiger partial charge in [0, 0.05) is 24.9 Å². The van der Waals surface area contributed by atoms with E-state index in [9.17, 15) is 15.2 Å². The van der Waals surface area contributed by atoms with Gasteiger partial charge < -0.3 is 15.1 Å². The Labute approximate surface area is 159 Å². The molecule has 2 aromatic carbocycles. The molecule has 140 valence electrons. The van der Waals surface area contributed by atoms with Crippen LogP contribution in [0.15, 0.2) is 42.0 Å². The molecule has 0 radical (unpaired) electrons. The fourth-order valence-electron chi connectivity index (χ4n) is 3.54. The van der Waals surface area contributed by atoms with Crippen molar-refractivity contribution in [2.45, 2.75) is 31.8 Å². The first-order valence-corrected chi connectivity index (χ1v) is 9.34. The fraction of sp³-hybridized carbons (Fsp3) is 0.364. The van der Waals surface area contributed by atoms with Gasteiger partial charge in [-0.3, -0.25) is 4.79 Å². The molecule has 27 heavy (non-hydrogen) atoms. The minimum Gasteiger partial charge on any atom is -0.394 e. The lowest BCUT2D eigenvalue weighted by molar-refractivity contribution is -0.115. The molecule has 0 aliphatic carbocycles. The van der Waals surface area contributed by atoms with Gasteiger partial charge in [-0.2, -0.15) is 5.26 Å². The third-order valence-electron chi connectivity index (χ3n) is 4.99. The quantitative estimate of drug-likeness (QED) is 0.583. The molecule has 5 heteroatoms. The molecule has 5 nitrogen and oxygen atoms in total. The number of aliphatic hydroxyl groups excluding tert-OH is 2. The van der Waals surface area contributed by atoms with Crippen LogP contribution in [0.25, 0.3) is 16.8 Å². The average Bonchev–Trinajstić information content (AvgIpc) is 3.23. The van der Waals surface area contributed by atoms with Gasteiger partial charge in [0.1, 0.15) is 6.07 Å².